The third-order valence-electron chi connectivity index (χ3n) is 5.19. The second kappa shape index (κ2) is 7.27. The van der Waals surface area contributed by atoms with Crippen LogP contribution in [0.3, 0.4) is 0 Å². The molecule has 1 amide bonds. The number of carbonyl (C=O) groups is 2. The molecule has 1 atom stereocenters. The highest BCUT2D eigenvalue weighted by atomic mass is 32.1. The number of ketones is 1. The van der Waals surface area contributed by atoms with Crippen LogP contribution in [0.5, 0.6) is 0 Å². The number of aliphatic hydroxyl groups excluding tert-OH is 1. The molecule has 2 aromatic carbocycles. The summed E-state index contributed by atoms with van der Waals surface area (Å²) in [6.45, 7) is 0. The molecule has 31 heavy (non-hydrogen) atoms. The number of Topliss-reactive ketones (excluding diaryl/α,β-unsaturated/α-hetero) is 1. The van der Waals surface area contributed by atoms with Crippen molar-refractivity contribution in [3.63, 3.8) is 0 Å². The van der Waals surface area contributed by atoms with E-state index in [0.29, 0.717) is 16.8 Å². The van der Waals surface area contributed by atoms with Crippen LogP contribution >= 0.6 is 11.3 Å². The smallest absolute Gasteiger partial charge is 0.294 e. The van der Waals surface area contributed by atoms with Crippen LogP contribution in [-0.4, -0.2) is 16.8 Å². The number of aliphatic hydroxyl groups is 1. The van der Waals surface area contributed by atoms with E-state index >= 15 is 0 Å². The molecule has 0 saturated carbocycles. The first-order valence-corrected chi connectivity index (χ1v) is 10.3. The van der Waals surface area contributed by atoms with E-state index in [1.807, 2.05) is 35.7 Å². The molecule has 0 spiro atoms. The lowest BCUT2D eigenvalue weighted by Crippen LogP contribution is -2.30. The van der Waals surface area contributed by atoms with Crippen molar-refractivity contribution in [1.29, 1.82) is 5.26 Å². The number of nitrogens with zero attached hydrogens (tertiary/aromatic N) is 2. The van der Waals surface area contributed by atoms with Crippen molar-refractivity contribution in [2.24, 2.45) is 0 Å². The Balaban J connectivity index is 1.63. The molecule has 1 aliphatic heterocycles. The average molecular weight is 426 g/mol. The van der Waals surface area contributed by atoms with E-state index in [9.17, 15) is 14.7 Å². The molecule has 7 heteroatoms. The maximum absolute atomic E-state index is 13.4. The van der Waals surface area contributed by atoms with Crippen molar-refractivity contribution in [2.45, 2.75) is 6.04 Å². The third kappa shape index (κ3) is 3.01. The van der Waals surface area contributed by atoms with Gasteiger partial charge in [0.25, 0.3) is 5.91 Å². The Morgan fingerprint density at radius 2 is 1.87 bits per heavy atom. The van der Waals surface area contributed by atoms with Gasteiger partial charge in [0.1, 0.15) is 11.6 Å². The normalized spacial score (nSPS) is 16.2. The molecule has 6 nitrogen and oxygen atoms in total. The fraction of sp³-hybridized carbons (Fsp3) is 0.0417. The van der Waals surface area contributed by atoms with Crippen molar-refractivity contribution < 1.29 is 19.1 Å². The van der Waals surface area contributed by atoms with E-state index in [1.165, 1.54) is 16.2 Å². The summed E-state index contributed by atoms with van der Waals surface area (Å²) in [5.41, 5.74) is 1.43. The Labute approximate surface area is 180 Å². The van der Waals surface area contributed by atoms with Crippen molar-refractivity contribution in [2.75, 3.05) is 4.90 Å². The van der Waals surface area contributed by atoms with Crippen LogP contribution in [-0.2, 0) is 4.79 Å². The highest BCUT2D eigenvalue weighted by Crippen LogP contribution is 2.43. The van der Waals surface area contributed by atoms with Gasteiger partial charge in [0.15, 0.2) is 11.5 Å². The Hall–Kier alpha value is -4.15. The van der Waals surface area contributed by atoms with Crippen LogP contribution in [0.2, 0.25) is 0 Å². The predicted molar refractivity (Wildman–Crippen MR) is 116 cm³/mol. The molecule has 1 unspecified atom stereocenters. The van der Waals surface area contributed by atoms with Gasteiger partial charge in [-0.15, -0.1) is 11.3 Å². The second-order valence-electron chi connectivity index (χ2n) is 6.99. The SMILES string of the molecule is N#Cc1ccc(N2C(=O)C(O)=C(C(=O)c3cc4ccccc4o3)C2c2cccs2)cc1. The summed E-state index contributed by atoms with van der Waals surface area (Å²) in [4.78, 5) is 28.6. The molecular formula is C24H14N2O4S. The summed E-state index contributed by atoms with van der Waals surface area (Å²) in [6, 6.07) is 20.1. The van der Waals surface area contributed by atoms with Crippen LogP contribution in [0.4, 0.5) is 5.69 Å². The number of furan rings is 1. The molecule has 0 aliphatic carbocycles. The number of benzene rings is 2. The number of thiophene rings is 1. The van der Waals surface area contributed by atoms with Crippen molar-refractivity contribution in [3.05, 3.63) is 99.6 Å². The van der Waals surface area contributed by atoms with Crippen LogP contribution in [0.15, 0.2) is 87.9 Å². The average Bonchev–Trinajstić information content (AvgIpc) is 3.52. The van der Waals surface area contributed by atoms with Gasteiger partial charge >= 0.3 is 0 Å². The van der Waals surface area contributed by atoms with Crippen LogP contribution in [0.25, 0.3) is 11.0 Å². The highest BCUT2D eigenvalue weighted by molar-refractivity contribution is 7.10. The molecule has 2 aromatic heterocycles. The van der Waals surface area contributed by atoms with Crippen molar-refractivity contribution in [1.82, 2.24) is 0 Å². The monoisotopic (exact) mass is 426 g/mol. The molecular weight excluding hydrogens is 412 g/mol. The number of carbonyl (C=O) groups excluding carboxylic acids is 2. The number of anilines is 1. The summed E-state index contributed by atoms with van der Waals surface area (Å²) < 4.78 is 5.71. The van der Waals surface area contributed by atoms with Gasteiger partial charge in [-0.25, -0.2) is 0 Å². The zero-order valence-corrected chi connectivity index (χ0v) is 16.8. The van der Waals surface area contributed by atoms with E-state index in [-0.39, 0.29) is 11.3 Å². The first kappa shape index (κ1) is 18.9. The van der Waals surface area contributed by atoms with E-state index in [0.717, 1.165) is 10.3 Å². The standard InChI is InChI=1S/C24H14N2O4S/c25-13-14-7-9-16(10-8-14)26-21(19-6-3-11-31-19)20(23(28)24(26)29)22(27)18-12-15-4-1-2-5-17(15)30-18/h1-12,21,28H. The molecule has 1 aliphatic rings. The fourth-order valence-electron chi connectivity index (χ4n) is 3.74. The van der Waals surface area contributed by atoms with Gasteiger partial charge in [0.05, 0.1) is 17.2 Å². The molecule has 150 valence electrons. The number of rotatable bonds is 4. The van der Waals surface area contributed by atoms with Gasteiger partial charge in [-0.1, -0.05) is 24.3 Å². The van der Waals surface area contributed by atoms with Gasteiger partial charge in [-0.3, -0.25) is 14.5 Å². The van der Waals surface area contributed by atoms with Crippen molar-refractivity contribution in [3.8, 4) is 6.07 Å². The van der Waals surface area contributed by atoms with Crippen LogP contribution < -0.4 is 4.90 Å². The van der Waals surface area contributed by atoms with Gasteiger partial charge in [-0.2, -0.15) is 5.26 Å². The predicted octanol–water partition coefficient (Wildman–Crippen LogP) is 5.15. The molecule has 5 rings (SSSR count). The molecule has 0 saturated heterocycles. The second-order valence-corrected chi connectivity index (χ2v) is 7.97. The summed E-state index contributed by atoms with van der Waals surface area (Å²) in [5.74, 6) is -1.77. The van der Waals surface area contributed by atoms with Crippen LogP contribution in [0.1, 0.15) is 27.0 Å². The third-order valence-corrected chi connectivity index (χ3v) is 6.11. The minimum absolute atomic E-state index is 0.0316. The van der Waals surface area contributed by atoms with E-state index < -0.39 is 23.5 Å². The molecule has 4 aromatic rings. The minimum atomic E-state index is -0.804. The van der Waals surface area contributed by atoms with Crippen LogP contribution in [0, 0.1) is 11.3 Å². The van der Waals surface area contributed by atoms with E-state index in [2.05, 4.69) is 0 Å². The molecule has 3 heterocycles. The Kier molecular flexibility index (Phi) is 4.42. The molecule has 0 fully saturated rings. The quantitative estimate of drug-likeness (QED) is 0.456. The number of nitriles is 1. The minimum Gasteiger partial charge on any atom is -0.503 e. The van der Waals surface area contributed by atoms with Gasteiger partial charge in [-0.05, 0) is 47.8 Å². The first-order valence-electron chi connectivity index (χ1n) is 9.42. The number of fused-ring (bicyclic) bond motifs is 1. The van der Waals surface area contributed by atoms with Gasteiger partial charge < -0.3 is 9.52 Å². The highest BCUT2D eigenvalue weighted by Gasteiger charge is 2.45. The lowest BCUT2D eigenvalue weighted by molar-refractivity contribution is -0.117. The number of para-hydroxylation sites is 1. The zero-order chi connectivity index (χ0) is 21.5. The number of hydrogen-bond donors (Lipinski definition) is 1. The van der Waals surface area contributed by atoms with Gasteiger partial charge in [0, 0.05) is 16.0 Å². The van der Waals surface area contributed by atoms with Crippen molar-refractivity contribution >= 4 is 39.7 Å². The largest absolute Gasteiger partial charge is 0.503 e. The summed E-state index contributed by atoms with van der Waals surface area (Å²) in [7, 11) is 0. The zero-order valence-electron chi connectivity index (χ0n) is 16.0. The molecule has 1 N–H and O–H groups in total. The number of hydrogen-bond acceptors (Lipinski definition) is 6. The van der Waals surface area contributed by atoms with E-state index in [1.54, 1.807) is 42.5 Å². The lowest BCUT2D eigenvalue weighted by atomic mass is 10.00. The molecule has 0 bridgehead atoms. The Morgan fingerprint density at radius 3 is 2.55 bits per heavy atom. The van der Waals surface area contributed by atoms with Gasteiger partial charge in [0.2, 0.25) is 5.78 Å². The topological polar surface area (TPSA) is 94.5 Å². The summed E-state index contributed by atoms with van der Waals surface area (Å²) in [6.07, 6.45) is 0. The summed E-state index contributed by atoms with van der Waals surface area (Å²) in [5, 5.41) is 22.4. The maximum Gasteiger partial charge on any atom is 0.294 e. The summed E-state index contributed by atoms with van der Waals surface area (Å²) >= 11 is 1.38. The van der Waals surface area contributed by atoms with E-state index in [4.69, 9.17) is 9.68 Å². The lowest BCUT2D eigenvalue weighted by Gasteiger charge is -2.25. The Morgan fingerprint density at radius 1 is 1.10 bits per heavy atom. The molecule has 0 radical (unpaired) electrons. The fourth-order valence-corrected chi connectivity index (χ4v) is 4.57. The maximum atomic E-state index is 13.4. The number of amides is 1. The first-order chi connectivity index (χ1) is 15.1. The Bertz CT molecular complexity index is 1360.